The van der Waals surface area contributed by atoms with Crippen molar-refractivity contribution in [1.82, 2.24) is 10.3 Å². The van der Waals surface area contributed by atoms with Crippen LogP contribution in [0.5, 0.6) is 5.75 Å². The molecule has 0 spiro atoms. The minimum atomic E-state index is -0.363. The quantitative estimate of drug-likeness (QED) is 0.809. The van der Waals surface area contributed by atoms with Gasteiger partial charge in [-0.15, -0.1) is 0 Å². The molecule has 1 aliphatic rings. The number of pyridine rings is 1. The number of H-pyrrole nitrogens is 1. The molecule has 1 aliphatic carbocycles. The van der Waals surface area contributed by atoms with Crippen molar-refractivity contribution in [2.24, 2.45) is 0 Å². The Hall–Kier alpha value is -2.76. The van der Waals surface area contributed by atoms with Gasteiger partial charge in [0.1, 0.15) is 5.75 Å². The molecule has 0 fully saturated rings. The van der Waals surface area contributed by atoms with Crippen molar-refractivity contribution in [3.63, 3.8) is 0 Å². The maximum absolute atomic E-state index is 12.0. The van der Waals surface area contributed by atoms with E-state index in [-0.39, 0.29) is 18.1 Å². The lowest BCUT2D eigenvalue weighted by atomic mass is 10.1. The van der Waals surface area contributed by atoms with Crippen molar-refractivity contribution < 1.29 is 9.53 Å². The van der Waals surface area contributed by atoms with Crippen LogP contribution in [0.15, 0.2) is 35.1 Å². The Bertz CT molecular complexity index is 783. The first kappa shape index (κ1) is 15.1. The normalized spacial score (nSPS) is 12.6. The Morgan fingerprint density at radius 2 is 2.17 bits per heavy atom. The number of ether oxygens (including phenoxy) is 1. The van der Waals surface area contributed by atoms with Crippen LogP contribution in [0.4, 0.5) is 10.5 Å². The summed E-state index contributed by atoms with van der Waals surface area (Å²) in [5, 5.41) is 5.42. The van der Waals surface area contributed by atoms with Crippen LogP contribution in [-0.4, -0.2) is 18.1 Å². The molecule has 1 aromatic heterocycles. The minimum Gasteiger partial charge on any atom is -0.497 e. The molecule has 1 heterocycles. The van der Waals surface area contributed by atoms with Gasteiger partial charge in [0.25, 0.3) is 5.56 Å². The number of fused-ring (bicyclic) bond motifs is 1. The lowest BCUT2D eigenvalue weighted by Gasteiger charge is -2.09. The summed E-state index contributed by atoms with van der Waals surface area (Å²) in [5.74, 6) is 0.665. The van der Waals surface area contributed by atoms with Crippen molar-refractivity contribution in [3.8, 4) is 5.75 Å². The molecule has 120 valence electrons. The van der Waals surface area contributed by atoms with Crippen LogP contribution in [0.25, 0.3) is 0 Å². The van der Waals surface area contributed by atoms with E-state index in [1.54, 1.807) is 31.4 Å². The SMILES string of the molecule is COc1cccc(NC(=O)NCc2cc3c([nH]c2=O)CCC3)c1. The van der Waals surface area contributed by atoms with Crippen LogP contribution < -0.4 is 20.9 Å². The molecule has 0 saturated carbocycles. The Morgan fingerprint density at radius 3 is 3.00 bits per heavy atom. The molecule has 0 atom stereocenters. The molecule has 23 heavy (non-hydrogen) atoms. The fourth-order valence-corrected chi connectivity index (χ4v) is 2.75. The maximum atomic E-state index is 12.0. The number of nitrogens with one attached hydrogen (secondary N) is 3. The highest BCUT2D eigenvalue weighted by Gasteiger charge is 2.14. The lowest BCUT2D eigenvalue weighted by Crippen LogP contribution is -2.31. The average Bonchev–Trinajstić information content (AvgIpc) is 2.99. The van der Waals surface area contributed by atoms with Gasteiger partial charge in [0.2, 0.25) is 0 Å². The number of benzene rings is 1. The monoisotopic (exact) mass is 313 g/mol. The van der Waals surface area contributed by atoms with Gasteiger partial charge in [-0.2, -0.15) is 0 Å². The van der Waals surface area contributed by atoms with Gasteiger partial charge in [-0.1, -0.05) is 6.07 Å². The first-order valence-corrected chi connectivity index (χ1v) is 7.58. The highest BCUT2D eigenvalue weighted by molar-refractivity contribution is 5.89. The van der Waals surface area contributed by atoms with E-state index in [9.17, 15) is 9.59 Å². The van der Waals surface area contributed by atoms with E-state index in [0.717, 1.165) is 25.0 Å². The topological polar surface area (TPSA) is 83.2 Å². The summed E-state index contributed by atoms with van der Waals surface area (Å²) < 4.78 is 5.11. The van der Waals surface area contributed by atoms with Gasteiger partial charge < -0.3 is 20.4 Å². The van der Waals surface area contributed by atoms with Crippen LogP contribution in [-0.2, 0) is 19.4 Å². The Kier molecular flexibility index (Phi) is 4.32. The molecule has 2 amide bonds. The van der Waals surface area contributed by atoms with Gasteiger partial charge in [0, 0.05) is 29.6 Å². The molecule has 6 nitrogen and oxygen atoms in total. The van der Waals surface area contributed by atoms with Crippen LogP contribution in [0, 0.1) is 0 Å². The van der Waals surface area contributed by atoms with Crippen molar-refractivity contribution in [3.05, 3.63) is 57.5 Å². The van der Waals surface area contributed by atoms with E-state index in [2.05, 4.69) is 15.6 Å². The lowest BCUT2D eigenvalue weighted by molar-refractivity contribution is 0.251. The van der Waals surface area contributed by atoms with E-state index in [1.165, 1.54) is 5.56 Å². The van der Waals surface area contributed by atoms with E-state index in [4.69, 9.17) is 4.74 Å². The summed E-state index contributed by atoms with van der Waals surface area (Å²) in [6, 6.07) is 8.62. The van der Waals surface area contributed by atoms with Crippen LogP contribution in [0.2, 0.25) is 0 Å². The molecule has 0 radical (unpaired) electrons. The molecule has 3 rings (SSSR count). The van der Waals surface area contributed by atoms with Gasteiger partial charge in [0.05, 0.1) is 7.11 Å². The maximum Gasteiger partial charge on any atom is 0.319 e. The van der Waals surface area contributed by atoms with Gasteiger partial charge in [-0.25, -0.2) is 4.79 Å². The van der Waals surface area contributed by atoms with Gasteiger partial charge in [-0.3, -0.25) is 4.79 Å². The predicted molar refractivity (Wildman–Crippen MR) is 87.9 cm³/mol. The first-order valence-electron chi connectivity index (χ1n) is 7.58. The van der Waals surface area contributed by atoms with E-state index in [1.807, 2.05) is 6.07 Å². The van der Waals surface area contributed by atoms with Crippen LogP contribution in [0.3, 0.4) is 0 Å². The van der Waals surface area contributed by atoms with E-state index >= 15 is 0 Å². The Balaban J connectivity index is 1.62. The van der Waals surface area contributed by atoms with Crippen LogP contribution in [0.1, 0.15) is 23.2 Å². The third-order valence-electron chi connectivity index (χ3n) is 3.93. The zero-order chi connectivity index (χ0) is 16.2. The molecule has 3 N–H and O–H groups in total. The molecule has 6 heteroatoms. The number of urea groups is 1. The number of aryl methyl sites for hydroxylation is 2. The molecular weight excluding hydrogens is 294 g/mol. The number of anilines is 1. The van der Waals surface area contributed by atoms with Gasteiger partial charge >= 0.3 is 6.03 Å². The summed E-state index contributed by atoms with van der Waals surface area (Å²) in [7, 11) is 1.57. The second-order valence-electron chi connectivity index (χ2n) is 5.52. The number of rotatable bonds is 4. The smallest absolute Gasteiger partial charge is 0.319 e. The second kappa shape index (κ2) is 6.56. The number of hydrogen-bond donors (Lipinski definition) is 3. The molecule has 1 aromatic carbocycles. The summed E-state index contributed by atoms with van der Waals surface area (Å²) >= 11 is 0. The Labute approximate surface area is 133 Å². The highest BCUT2D eigenvalue weighted by Crippen LogP contribution is 2.19. The number of aromatic amines is 1. The molecular formula is C17H19N3O3. The van der Waals surface area contributed by atoms with Crippen molar-refractivity contribution >= 4 is 11.7 Å². The number of amides is 2. The Morgan fingerprint density at radius 1 is 1.30 bits per heavy atom. The second-order valence-corrected chi connectivity index (χ2v) is 5.52. The third kappa shape index (κ3) is 3.53. The standard InChI is InChI=1S/C17H19N3O3/c1-23-14-6-3-5-13(9-14)19-17(22)18-10-12-8-11-4-2-7-15(11)20-16(12)21/h3,5-6,8-9H,2,4,7,10H2,1H3,(H,20,21)(H2,18,19,22). The van der Waals surface area contributed by atoms with Crippen molar-refractivity contribution in [2.45, 2.75) is 25.8 Å². The number of hydrogen-bond acceptors (Lipinski definition) is 3. The summed E-state index contributed by atoms with van der Waals surface area (Å²) in [4.78, 5) is 26.8. The highest BCUT2D eigenvalue weighted by atomic mass is 16.5. The van der Waals surface area contributed by atoms with E-state index in [0.29, 0.717) is 17.0 Å². The molecule has 0 bridgehead atoms. The number of carbonyl (C=O) groups excluding carboxylic acids is 1. The van der Waals surface area contributed by atoms with Crippen LogP contribution >= 0.6 is 0 Å². The molecule has 0 saturated heterocycles. The summed E-state index contributed by atoms with van der Waals surface area (Å²) in [5.41, 5.74) is 3.28. The number of methoxy groups -OCH3 is 1. The summed E-state index contributed by atoms with van der Waals surface area (Å²) in [6.07, 6.45) is 2.97. The number of aromatic nitrogens is 1. The molecule has 0 aliphatic heterocycles. The van der Waals surface area contributed by atoms with Crippen molar-refractivity contribution in [2.75, 3.05) is 12.4 Å². The van der Waals surface area contributed by atoms with Gasteiger partial charge in [0.15, 0.2) is 0 Å². The molecule has 0 unspecified atom stereocenters. The first-order chi connectivity index (χ1) is 11.2. The fourth-order valence-electron chi connectivity index (χ4n) is 2.75. The molecule has 2 aromatic rings. The average molecular weight is 313 g/mol. The largest absolute Gasteiger partial charge is 0.497 e. The zero-order valence-corrected chi connectivity index (χ0v) is 12.9. The third-order valence-corrected chi connectivity index (χ3v) is 3.93. The summed E-state index contributed by atoms with van der Waals surface area (Å²) in [6.45, 7) is 0.193. The van der Waals surface area contributed by atoms with E-state index < -0.39 is 0 Å². The van der Waals surface area contributed by atoms with Gasteiger partial charge in [-0.05, 0) is 43.0 Å². The minimum absolute atomic E-state index is 0.132. The fraction of sp³-hybridized carbons (Fsp3) is 0.294. The van der Waals surface area contributed by atoms with Crippen molar-refractivity contribution in [1.29, 1.82) is 0 Å². The number of carbonyl (C=O) groups is 1. The predicted octanol–water partition coefficient (Wildman–Crippen LogP) is 2.19. The zero-order valence-electron chi connectivity index (χ0n) is 12.9.